The second-order valence-electron chi connectivity index (χ2n) is 3.37. The van der Waals surface area contributed by atoms with Gasteiger partial charge in [0.05, 0.1) is 24.8 Å². The maximum absolute atomic E-state index is 11.7. The summed E-state index contributed by atoms with van der Waals surface area (Å²) >= 11 is 3.25. The van der Waals surface area contributed by atoms with Crippen LogP contribution in [-0.2, 0) is 4.74 Å². The first-order valence-corrected chi connectivity index (χ1v) is 5.33. The fourth-order valence-electron chi connectivity index (χ4n) is 1.27. The van der Waals surface area contributed by atoms with Crippen LogP contribution in [0, 0.1) is 0 Å². The predicted octanol–water partition coefficient (Wildman–Crippen LogP) is 1.28. The summed E-state index contributed by atoms with van der Waals surface area (Å²) in [5.74, 6) is -0.293. The molecule has 0 radical (unpaired) electrons. The van der Waals surface area contributed by atoms with Crippen LogP contribution in [0.15, 0.2) is 22.7 Å². The van der Waals surface area contributed by atoms with E-state index in [4.69, 9.17) is 4.74 Å². The minimum atomic E-state index is -0.276. The third kappa shape index (κ3) is 2.30. The summed E-state index contributed by atoms with van der Waals surface area (Å²) in [4.78, 5) is 11.7. The molecule has 4 nitrogen and oxygen atoms in total. The molecule has 15 heavy (non-hydrogen) atoms. The number of hydrogen-bond acceptors (Lipinski definition) is 3. The second-order valence-corrected chi connectivity index (χ2v) is 4.28. The Morgan fingerprint density at radius 1 is 1.53 bits per heavy atom. The van der Waals surface area contributed by atoms with Crippen LogP contribution < -0.4 is 5.32 Å². The third-order valence-electron chi connectivity index (χ3n) is 2.18. The molecule has 1 aliphatic heterocycles. The standard InChI is InChI=1S/C10H10BrNO3/c11-6-1-2-9(13)8(3-6)10(14)12-7-4-15-5-7/h1-3,7,13H,4-5H2,(H,12,14). The Kier molecular flexibility index (Phi) is 2.93. The molecule has 0 atom stereocenters. The molecular formula is C10H10BrNO3. The van der Waals surface area contributed by atoms with Crippen molar-refractivity contribution in [3.63, 3.8) is 0 Å². The number of ether oxygens (including phenoxy) is 1. The van der Waals surface area contributed by atoms with Crippen molar-refractivity contribution in [1.82, 2.24) is 5.32 Å². The Hall–Kier alpha value is -1.07. The highest BCUT2D eigenvalue weighted by Crippen LogP contribution is 2.21. The Morgan fingerprint density at radius 2 is 2.27 bits per heavy atom. The number of carbonyl (C=O) groups is 1. The van der Waals surface area contributed by atoms with E-state index in [1.54, 1.807) is 12.1 Å². The predicted molar refractivity (Wildman–Crippen MR) is 57.9 cm³/mol. The van der Waals surface area contributed by atoms with Crippen molar-refractivity contribution >= 4 is 21.8 Å². The molecule has 0 aliphatic carbocycles. The fourth-order valence-corrected chi connectivity index (χ4v) is 1.63. The molecule has 0 unspecified atom stereocenters. The van der Waals surface area contributed by atoms with E-state index in [0.717, 1.165) is 4.47 Å². The molecule has 2 rings (SSSR count). The number of halogens is 1. The molecule has 5 heteroatoms. The van der Waals surface area contributed by atoms with Gasteiger partial charge in [-0.3, -0.25) is 4.79 Å². The molecule has 1 amide bonds. The molecule has 1 fully saturated rings. The van der Waals surface area contributed by atoms with Gasteiger partial charge in [-0.25, -0.2) is 0 Å². The van der Waals surface area contributed by atoms with E-state index in [0.29, 0.717) is 13.2 Å². The zero-order chi connectivity index (χ0) is 10.8. The van der Waals surface area contributed by atoms with Gasteiger partial charge < -0.3 is 15.2 Å². The molecule has 0 bridgehead atoms. The molecule has 1 aromatic rings. The first kappa shape index (κ1) is 10.4. The number of carbonyl (C=O) groups excluding carboxylic acids is 1. The number of phenolic OH excluding ortho intramolecular Hbond substituents is 1. The fraction of sp³-hybridized carbons (Fsp3) is 0.300. The van der Waals surface area contributed by atoms with Crippen LogP contribution in [0.1, 0.15) is 10.4 Å². The van der Waals surface area contributed by atoms with Crippen molar-refractivity contribution in [2.45, 2.75) is 6.04 Å². The average molecular weight is 272 g/mol. The number of aromatic hydroxyl groups is 1. The van der Waals surface area contributed by atoms with Gasteiger partial charge in [-0.05, 0) is 18.2 Å². The number of benzene rings is 1. The first-order valence-electron chi connectivity index (χ1n) is 4.54. The Morgan fingerprint density at radius 3 is 2.87 bits per heavy atom. The molecule has 2 N–H and O–H groups in total. The largest absolute Gasteiger partial charge is 0.507 e. The first-order chi connectivity index (χ1) is 7.16. The SMILES string of the molecule is O=C(NC1COC1)c1cc(Br)ccc1O. The molecule has 1 aromatic carbocycles. The van der Waals surface area contributed by atoms with Gasteiger partial charge in [0.25, 0.3) is 5.91 Å². The van der Waals surface area contributed by atoms with E-state index in [1.165, 1.54) is 6.07 Å². The highest BCUT2D eigenvalue weighted by atomic mass is 79.9. The summed E-state index contributed by atoms with van der Waals surface area (Å²) in [6, 6.07) is 4.81. The van der Waals surface area contributed by atoms with Crippen LogP contribution in [0.3, 0.4) is 0 Å². The van der Waals surface area contributed by atoms with Gasteiger partial charge in [0.1, 0.15) is 5.75 Å². The van der Waals surface area contributed by atoms with Crippen LogP contribution >= 0.6 is 15.9 Å². The molecular weight excluding hydrogens is 262 g/mol. The number of nitrogens with one attached hydrogen (secondary N) is 1. The number of rotatable bonds is 2. The lowest BCUT2D eigenvalue weighted by atomic mass is 10.1. The minimum Gasteiger partial charge on any atom is -0.507 e. The number of phenols is 1. The van der Waals surface area contributed by atoms with Gasteiger partial charge in [0.2, 0.25) is 0 Å². The van der Waals surface area contributed by atoms with Crippen molar-refractivity contribution in [3.8, 4) is 5.75 Å². The Balaban J connectivity index is 2.12. The zero-order valence-corrected chi connectivity index (χ0v) is 9.45. The normalized spacial score (nSPS) is 15.8. The summed E-state index contributed by atoms with van der Waals surface area (Å²) in [7, 11) is 0. The van der Waals surface area contributed by atoms with Crippen molar-refractivity contribution in [3.05, 3.63) is 28.2 Å². The Labute approximate surface area is 95.4 Å². The molecule has 1 heterocycles. The Bertz CT molecular complexity index is 390. The van der Waals surface area contributed by atoms with Crippen LogP contribution in [0.2, 0.25) is 0 Å². The summed E-state index contributed by atoms with van der Waals surface area (Å²) in [5.41, 5.74) is 0.274. The third-order valence-corrected chi connectivity index (χ3v) is 2.67. The quantitative estimate of drug-likeness (QED) is 0.852. The summed E-state index contributed by atoms with van der Waals surface area (Å²) in [6.45, 7) is 1.08. The van der Waals surface area contributed by atoms with E-state index in [1.807, 2.05) is 0 Å². The lowest BCUT2D eigenvalue weighted by Gasteiger charge is -2.26. The second kappa shape index (κ2) is 4.20. The van der Waals surface area contributed by atoms with Gasteiger partial charge in [-0.1, -0.05) is 15.9 Å². The molecule has 1 saturated heterocycles. The van der Waals surface area contributed by atoms with E-state index < -0.39 is 0 Å². The van der Waals surface area contributed by atoms with Gasteiger partial charge in [-0.15, -0.1) is 0 Å². The monoisotopic (exact) mass is 271 g/mol. The summed E-state index contributed by atoms with van der Waals surface area (Å²) in [6.07, 6.45) is 0. The van der Waals surface area contributed by atoms with Crippen LogP contribution in [0.4, 0.5) is 0 Å². The molecule has 0 saturated carbocycles. The van der Waals surface area contributed by atoms with Crippen molar-refractivity contribution < 1.29 is 14.6 Å². The van der Waals surface area contributed by atoms with Gasteiger partial charge >= 0.3 is 0 Å². The smallest absolute Gasteiger partial charge is 0.255 e. The van der Waals surface area contributed by atoms with Crippen molar-refractivity contribution in [2.24, 2.45) is 0 Å². The molecule has 1 aliphatic rings. The van der Waals surface area contributed by atoms with Crippen LogP contribution in [0.5, 0.6) is 5.75 Å². The maximum atomic E-state index is 11.7. The van der Waals surface area contributed by atoms with E-state index in [9.17, 15) is 9.90 Å². The number of hydrogen-bond donors (Lipinski definition) is 2. The lowest BCUT2D eigenvalue weighted by molar-refractivity contribution is -0.00350. The lowest BCUT2D eigenvalue weighted by Crippen LogP contribution is -2.48. The molecule has 80 valence electrons. The molecule has 0 aromatic heterocycles. The van der Waals surface area contributed by atoms with E-state index in [2.05, 4.69) is 21.2 Å². The maximum Gasteiger partial charge on any atom is 0.255 e. The van der Waals surface area contributed by atoms with Crippen molar-refractivity contribution in [1.29, 1.82) is 0 Å². The molecule has 0 spiro atoms. The number of amides is 1. The minimum absolute atomic E-state index is 0.0176. The van der Waals surface area contributed by atoms with Crippen LogP contribution in [0.25, 0.3) is 0 Å². The average Bonchev–Trinajstić information content (AvgIpc) is 2.15. The van der Waals surface area contributed by atoms with Gasteiger partial charge in [-0.2, -0.15) is 0 Å². The van der Waals surface area contributed by atoms with E-state index in [-0.39, 0.29) is 23.3 Å². The van der Waals surface area contributed by atoms with Gasteiger partial charge in [0, 0.05) is 4.47 Å². The van der Waals surface area contributed by atoms with Crippen LogP contribution in [-0.4, -0.2) is 30.3 Å². The highest BCUT2D eigenvalue weighted by Gasteiger charge is 2.22. The topological polar surface area (TPSA) is 58.6 Å². The van der Waals surface area contributed by atoms with Crippen molar-refractivity contribution in [2.75, 3.05) is 13.2 Å². The van der Waals surface area contributed by atoms with E-state index >= 15 is 0 Å². The highest BCUT2D eigenvalue weighted by molar-refractivity contribution is 9.10. The van der Waals surface area contributed by atoms with Gasteiger partial charge in [0.15, 0.2) is 0 Å². The summed E-state index contributed by atoms with van der Waals surface area (Å²) < 4.78 is 5.70. The zero-order valence-electron chi connectivity index (χ0n) is 7.87. The summed E-state index contributed by atoms with van der Waals surface area (Å²) in [5, 5.41) is 12.3.